The van der Waals surface area contributed by atoms with Crippen LogP contribution in [0, 0.1) is 6.92 Å². The smallest absolute Gasteiger partial charge is 0.231 e. The first-order valence-corrected chi connectivity index (χ1v) is 10.6. The van der Waals surface area contributed by atoms with Crippen molar-refractivity contribution in [3.63, 3.8) is 0 Å². The van der Waals surface area contributed by atoms with Crippen LogP contribution in [-0.2, 0) is 19.5 Å². The number of fused-ring (bicyclic) bond motifs is 1. The summed E-state index contributed by atoms with van der Waals surface area (Å²) < 4.78 is 5.53. The minimum absolute atomic E-state index is 0.654. The molecule has 0 atom stereocenters. The van der Waals surface area contributed by atoms with Gasteiger partial charge in [-0.25, -0.2) is 0 Å². The number of hydrogen-bond donors (Lipinski definition) is 1. The third-order valence-corrected chi connectivity index (χ3v) is 5.88. The van der Waals surface area contributed by atoms with E-state index in [2.05, 4.69) is 74.3 Å². The zero-order chi connectivity index (χ0) is 20.3. The van der Waals surface area contributed by atoms with E-state index in [9.17, 15) is 0 Å². The highest BCUT2D eigenvalue weighted by molar-refractivity contribution is 5.83. The number of H-pyrrole nitrogens is 1. The first kappa shape index (κ1) is 19.0. The van der Waals surface area contributed by atoms with Crippen molar-refractivity contribution >= 4 is 10.9 Å². The van der Waals surface area contributed by atoms with Crippen molar-refractivity contribution in [3.05, 3.63) is 83.1 Å². The molecule has 0 unspecified atom stereocenters. The Kier molecular flexibility index (Phi) is 5.34. The number of nitrogens with one attached hydrogen (secondary N) is 1. The van der Waals surface area contributed by atoms with E-state index < -0.39 is 0 Å². The lowest BCUT2D eigenvalue weighted by molar-refractivity contribution is 0.119. The van der Waals surface area contributed by atoms with Gasteiger partial charge in [-0.3, -0.25) is 9.80 Å². The number of benzene rings is 2. The van der Waals surface area contributed by atoms with Crippen molar-refractivity contribution in [2.45, 2.75) is 26.4 Å². The monoisotopic (exact) mass is 401 g/mol. The quantitative estimate of drug-likeness (QED) is 0.533. The van der Waals surface area contributed by atoms with Crippen LogP contribution in [-0.4, -0.2) is 51.1 Å². The molecule has 1 aliphatic heterocycles. The van der Waals surface area contributed by atoms with Gasteiger partial charge in [0, 0.05) is 49.8 Å². The van der Waals surface area contributed by atoms with Crippen LogP contribution in [0.3, 0.4) is 0 Å². The summed E-state index contributed by atoms with van der Waals surface area (Å²) in [5.74, 6) is 1.45. The van der Waals surface area contributed by atoms with Gasteiger partial charge in [-0.1, -0.05) is 53.2 Å². The molecule has 5 rings (SSSR count). The Balaban J connectivity index is 1.14. The minimum Gasteiger partial charge on any atom is -0.361 e. The van der Waals surface area contributed by atoms with Gasteiger partial charge in [0.1, 0.15) is 0 Å². The van der Waals surface area contributed by atoms with E-state index in [-0.39, 0.29) is 0 Å². The first-order chi connectivity index (χ1) is 14.7. The van der Waals surface area contributed by atoms with Gasteiger partial charge < -0.3 is 9.51 Å². The molecule has 0 aliphatic carbocycles. The number of rotatable bonds is 6. The Bertz CT molecular complexity index is 1110. The van der Waals surface area contributed by atoms with Crippen LogP contribution in [0.1, 0.15) is 28.4 Å². The van der Waals surface area contributed by atoms with E-state index in [4.69, 9.17) is 4.52 Å². The molecule has 3 heterocycles. The molecule has 6 nitrogen and oxygen atoms in total. The summed E-state index contributed by atoms with van der Waals surface area (Å²) in [6, 6.07) is 17.1. The van der Waals surface area contributed by atoms with Gasteiger partial charge >= 0.3 is 0 Å². The molecule has 1 fully saturated rings. The molecule has 0 radical (unpaired) electrons. The number of aromatic amines is 1. The third-order valence-electron chi connectivity index (χ3n) is 5.88. The van der Waals surface area contributed by atoms with E-state index in [0.29, 0.717) is 12.3 Å². The maximum atomic E-state index is 5.53. The van der Waals surface area contributed by atoms with Crippen LogP contribution in [0.2, 0.25) is 0 Å². The molecular formula is C24H27N5O. The number of para-hydroxylation sites is 1. The maximum Gasteiger partial charge on any atom is 0.231 e. The molecule has 2 aromatic heterocycles. The van der Waals surface area contributed by atoms with Crippen molar-refractivity contribution in [1.82, 2.24) is 24.9 Å². The SMILES string of the molecule is Cc1ccc(CN2CCN(Cc3noc(Cc4c[nH]c5ccccc45)n3)CC2)cc1. The summed E-state index contributed by atoms with van der Waals surface area (Å²) in [4.78, 5) is 12.9. The number of piperazine rings is 1. The molecular weight excluding hydrogens is 374 g/mol. The van der Waals surface area contributed by atoms with Crippen LogP contribution >= 0.6 is 0 Å². The Hall–Kier alpha value is -2.96. The van der Waals surface area contributed by atoms with Gasteiger partial charge in [-0.05, 0) is 24.1 Å². The fourth-order valence-electron chi connectivity index (χ4n) is 4.12. The van der Waals surface area contributed by atoms with Gasteiger partial charge in [0.15, 0.2) is 5.82 Å². The fraction of sp³-hybridized carbons (Fsp3) is 0.333. The summed E-state index contributed by atoms with van der Waals surface area (Å²) in [5, 5.41) is 5.42. The molecule has 4 aromatic rings. The lowest BCUT2D eigenvalue weighted by Crippen LogP contribution is -2.45. The second kappa shape index (κ2) is 8.42. The number of aryl methyl sites for hydroxylation is 1. The van der Waals surface area contributed by atoms with E-state index in [0.717, 1.165) is 50.6 Å². The second-order valence-corrected chi connectivity index (χ2v) is 8.18. The zero-order valence-electron chi connectivity index (χ0n) is 17.3. The fourth-order valence-corrected chi connectivity index (χ4v) is 4.12. The van der Waals surface area contributed by atoms with E-state index in [1.165, 1.54) is 22.1 Å². The maximum absolute atomic E-state index is 5.53. The van der Waals surface area contributed by atoms with Crippen LogP contribution in [0.4, 0.5) is 0 Å². The average Bonchev–Trinajstić information content (AvgIpc) is 3.39. The van der Waals surface area contributed by atoms with E-state index >= 15 is 0 Å². The first-order valence-electron chi connectivity index (χ1n) is 10.6. The highest BCUT2D eigenvalue weighted by Gasteiger charge is 2.19. The van der Waals surface area contributed by atoms with Gasteiger partial charge in [0.05, 0.1) is 13.0 Å². The van der Waals surface area contributed by atoms with Crippen molar-refractivity contribution in [2.24, 2.45) is 0 Å². The summed E-state index contributed by atoms with van der Waals surface area (Å²) in [6.07, 6.45) is 2.68. The third kappa shape index (κ3) is 4.30. The Morgan fingerprint density at radius 2 is 1.67 bits per heavy atom. The van der Waals surface area contributed by atoms with Gasteiger partial charge in [-0.2, -0.15) is 4.98 Å². The molecule has 2 aromatic carbocycles. The van der Waals surface area contributed by atoms with Crippen molar-refractivity contribution in [3.8, 4) is 0 Å². The minimum atomic E-state index is 0.654. The van der Waals surface area contributed by atoms with Crippen LogP contribution in [0.5, 0.6) is 0 Å². The number of hydrogen-bond acceptors (Lipinski definition) is 5. The predicted molar refractivity (Wildman–Crippen MR) is 117 cm³/mol. The summed E-state index contributed by atoms with van der Waals surface area (Å²) in [5.41, 5.74) is 5.02. The Morgan fingerprint density at radius 3 is 2.47 bits per heavy atom. The predicted octanol–water partition coefficient (Wildman–Crippen LogP) is 3.77. The summed E-state index contributed by atoms with van der Waals surface area (Å²) in [7, 11) is 0. The highest BCUT2D eigenvalue weighted by atomic mass is 16.5. The standard InChI is InChI=1S/C24H27N5O/c1-18-6-8-19(9-7-18)16-28-10-12-29(13-11-28)17-23-26-24(30-27-23)14-20-15-25-22-5-3-2-4-21(20)22/h2-9,15,25H,10-14,16-17H2,1H3. The van der Waals surface area contributed by atoms with Gasteiger partial charge in [0.2, 0.25) is 5.89 Å². The normalized spacial score (nSPS) is 15.8. The number of nitrogens with zero attached hydrogens (tertiary/aromatic N) is 4. The molecule has 0 saturated carbocycles. The molecule has 1 aliphatic rings. The van der Waals surface area contributed by atoms with Crippen molar-refractivity contribution in [2.75, 3.05) is 26.2 Å². The highest BCUT2D eigenvalue weighted by Crippen LogP contribution is 2.20. The number of aromatic nitrogens is 3. The summed E-state index contributed by atoms with van der Waals surface area (Å²) in [6.45, 7) is 8.07. The van der Waals surface area contributed by atoms with Gasteiger partial charge in [0.25, 0.3) is 0 Å². The van der Waals surface area contributed by atoms with Gasteiger partial charge in [-0.15, -0.1) is 0 Å². The summed E-state index contributed by atoms with van der Waals surface area (Å²) >= 11 is 0. The Morgan fingerprint density at radius 1 is 0.933 bits per heavy atom. The second-order valence-electron chi connectivity index (χ2n) is 8.18. The molecule has 0 spiro atoms. The molecule has 1 N–H and O–H groups in total. The largest absolute Gasteiger partial charge is 0.361 e. The van der Waals surface area contributed by atoms with Crippen LogP contribution in [0.15, 0.2) is 59.3 Å². The zero-order valence-corrected chi connectivity index (χ0v) is 17.3. The molecule has 1 saturated heterocycles. The topological polar surface area (TPSA) is 61.2 Å². The molecule has 154 valence electrons. The van der Waals surface area contributed by atoms with E-state index in [1.54, 1.807) is 0 Å². The van der Waals surface area contributed by atoms with Crippen LogP contribution < -0.4 is 0 Å². The lowest BCUT2D eigenvalue weighted by atomic mass is 10.1. The molecule has 30 heavy (non-hydrogen) atoms. The van der Waals surface area contributed by atoms with E-state index in [1.807, 2.05) is 12.3 Å². The molecule has 0 bridgehead atoms. The van der Waals surface area contributed by atoms with Crippen LogP contribution in [0.25, 0.3) is 10.9 Å². The average molecular weight is 402 g/mol. The van der Waals surface area contributed by atoms with Crippen molar-refractivity contribution in [1.29, 1.82) is 0 Å². The Labute approximate surface area is 176 Å². The van der Waals surface area contributed by atoms with Crippen molar-refractivity contribution < 1.29 is 4.52 Å². The lowest BCUT2D eigenvalue weighted by Gasteiger charge is -2.34. The molecule has 0 amide bonds. The molecule has 6 heteroatoms.